The summed E-state index contributed by atoms with van der Waals surface area (Å²) in [6.45, 7) is 1.29. The molecule has 0 saturated carbocycles. The molecule has 3 rings (SSSR count). The van der Waals surface area contributed by atoms with Gasteiger partial charge in [-0.15, -0.1) is 0 Å². The Labute approximate surface area is 137 Å². The number of carbonyl (C=O) groups is 2. The molecule has 1 aliphatic rings. The third-order valence-electron chi connectivity index (χ3n) is 3.66. The Bertz CT molecular complexity index is 847. The summed E-state index contributed by atoms with van der Waals surface area (Å²) >= 11 is 0. The summed E-state index contributed by atoms with van der Waals surface area (Å²) in [6.07, 6.45) is 1.42. The Hall–Kier alpha value is -2.59. The zero-order valence-corrected chi connectivity index (χ0v) is 13.4. The maximum absolute atomic E-state index is 12.3. The van der Waals surface area contributed by atoms with Gasteiger partial charge in [-0.25, -0.2) is 13.6 Å². The quantitative estimate of drug-likeness (QED) is 0.835. The smallest absolute Gasteiger partial charge is 0.289 e. The Balaban J connectivity index is 1.63. The van der Waals surface area contributed by atoms with Crippen molar-refractivity contribution in [2.24, 2.45) is 5.14 Å². The van der Waals surface area contributed by atoms with Crippen LogP contribution in [-0.4, -0.2) is 56.2 Å². The minimum atomic E-state index is -3.99. The summed E-state index contributed by atoms with van der Waals surface area (Å²) in [5, 5.41) is 4.49. The van der Waals surface area contributed by atoms with E-state index in [4.69, 9.17) is 14.0 Å². The second-order valence-electron chi connectivity index (χ2n) is 5.23. The highest BCUT2D eigenvalue weighted by Crippen LogP contribution is 2.16. The molecule has 24 heavy (non-hydrogen) atoms. The van der Waals surface area contributed by atoms with Gasteiger partial charge in [0, 0.05) is 26.2 Å². The first-order valence-electron chi connectivity index (χ1n) is 7.11. The van der Waals surface area contributed by atoms with E-state index in [1.54, 1.807) is 17.0 Å². The van der Waals surface area contributed by atoms with E-state index in [1.165, 1.54) is 17.2 Å². The summed E-state index contributed by atoms with van der Waals surface area (Å²) in [4.78, 5) is 27.5. The lowest BCUT2D eigenvalue weighted by Gasteiger charge is -2.33. The summed E-state index contributed by atoms with van der Waals surface area (Å²) in [7, 11) is -3.99. The third kappa shape index (κ3) is 3.19. The van der Waals surface area contributed by atoms with Crippen LogP contribution in [-0.2, 0) is 10.0 Å². The van der Waals surface area contributed by atoms with Gasteiger partial charge in [-0.3, -0.25) is 9.59 Å². The van der Waals surface area contributed by atoms with Gasteiger partial charge in [0.1, 0.15) is 0 Å². The minimum Gasteiger partial charge on any atom is -0.459 e. The molecule has 0 spiro atoms. The fraction of sp³-hybridized carbons (Fsp3) is 0.286. The number of piperazine rings is 1. The number of nitrogens with two attached hydrogens (primary N) is 1. The molecule has 0 aromatic carbocycles. The number of hydrogen-bond acceptors (Lipinski definition) is 6. The number of nitrogens with zero attached hydrogens (tertiary/aromatic N) is 2. The van der Waals surface area contributed by atoms with Crippen LogP contribution < -0.4 is 5.14 Å². The first kappa shape index (κ1) is 16.3. The Kier molecular flexibility index (Phi) is 4.16. The van der Waals surface area contributed by atoms with Crippen molar-refractivity contribution in [1.29, 1.82) is 0 Å². The molecule has 1 fully saturated rings. The largest absolute Gasteiger partial charge is 0.459 e. The molecule has 1 saturated heterocycles. The highest BCUT2D eigenvalue weighted by Gasteiger charge is 2.28. The van der Waals surface area contributed by atoms with Crippen molar-refractivity contribution in [3.63, 3.8) is 0 Å². The van der Waals surface area contributed by atoms with Gasteiger partial charge in [0.05, 0.1) is 6.26 Å². The van der Waals surface area contributed by atoms with E-state index in [0.29, 0.717) is 26.2 Å². The standard InChI is InChI=1S/C14H15N3O6S/c15-24(20,21)12-4-3-11(23-12)14(19)17-7-5-16(6-8-17)13(18)10-2-1-9-22-10/h1-4,9H,5-8H2,(H2,15,20,21). The topological polar surface area (TPSA) is 127 Å². The van der Waals surface area contributed by atoms with Gasteiger partial charge in [-0.1, -0.05) is 0 Å². The molecule has 0 aliphatic carbocycles. The average Bonchev–Trinajstić information content (AvgIpc) is 3.24. The van der Waals surface area contributed by atoms with Crippen molar-refractivity contribution >= 4 is 21.8 Å². The predicted molar refractivity (Wildman–Crippen MR) is 80.6 cm³/mol. The lowest BCUT2D eigenvalue weighted by molar-refractivity contribution is 0.0499. The number of furan rings is 2. The van der Waals surface area contributed by atoms with Gasteiger partial charge >= 0.3 is 0 Å². The summed E-state index contributed by atoms with van der Waals surface area (Å²) < 4.78 is 32.4. The van der Waals surface area contributed by atoms with E-state index in [1.807, 2.05) is 0 Å². The highest BCUT2D eigenvalue weighted by molar-refractivity contribution is 7.89. The van der Waals surface area contributed by atoms with Crippen molar-refractivity contribution < 1.29 is 26.8 Å². The highest BCUT2D eigenvalue weighted by atomic mass is 32.2. The normalized spacial score (nSPS) is 15.5. The van der Waals surface area contributed by atoms with Crippen LogP contribution in [0.2, 0.25) is 0 Å². The zero-order valence-electron chi connectivity index (χ0n) is 12.5. The number of rotatable bonds is 3. The van der Waals surface area contributed by atoms with Gasteiger partial charge in [0.25, 0.3) is 21.8 Å². The lowest BCUT2D eigenvalue weighted by atomic mass is 10.2. The molecule has 10 heteroatoms. The van der Waals surface area contributed by atoms with E-state index in [-0.39, 0.29) is 17.4 Å². The second-order valence-corrected chi connectivity index (χ2v) is 6.72. The molecule has 0 bridgehead atoms. The number of amides is 2. The molecule has 2 N–H and O–H groups in total. The average molecular weight is 353 g/mol. The fourth-order valence-electron chi connectivity index (χ4n) is 2.41. The van der Waals surface area contributed by atoms with Crippen LogP contribution in [0.4, 0.5) is 0 Å². The molecule has 2 amide bonds. The lowest BCUT2D eigenvalue weighted by Crippen LogP contribution is -2.50. The Morgan fingerprint density at radius 1 is 0.958 bits per heavy atom. The molecular weight excluding hydrogens is 338 g/mol. The summed E-state index contributed by atoms with van der Waals surface area (Å²) in [6, 6.07) is 5.62. The van der Waals surface area contributed by atoms with E-state index in [0.717, 1.165) is 6.07 Å². The molecule has 2 aromatic rings. The summed E-state index contributed by atoms with van der Waals surface area (Å²) in [5.41, 5.74) is 0. The van der Waals surface area contributed by atoms with E-state index in [2.05, 4.69) is 0 Å². The maximum Gasteiger partial charge on any atom is 0.289 e. The molecule has 0 radical (unpaired) electrons. The number of hydrogen-bond donors (Lipinski definition) is 1. The molecule has 2 aromatic heterocycles. The van der Waals surface area contributed by atoms with E-state index < -0.39 is 21.0 Å². The van der Waals surface area contributed by atoms with Crippen LogP contribution >= 0.6 is 0 Å². The van der Waals surface area contributed by atoms with Crippen LogP contribution in [0.25, 0.3) is 0 Å². The minimum absolute atomic E-state index is 0.107. The van der Waals surface area contributed by atoms with Crippen molar-refractivity contribution in [2.75, 3.05) is 26.2 Å². The molecular formula is C14H15N3O6S. The van der Waals surface area contributed by atoms with Gasteiger partial charge in [-0.05, 0) is 24.3 Å². The van der Waals surface area contributed by atoms with Gasteiger partial charge < -0.3 is 18.6 Å². The number of carbonyl (C=O) groups excluding carboxylic acids is 2. The predicted octanol–water partition coefficient (Wildman–Crippen LogP) is 0.118. The van der Waals surface area contributed by atoms with Crippen LogP contribution in [0.5, 0.6) is 0 Å². The summed E-state index contributed by atoms with van der Waals surface area (Å²) in [5.74, 6) is -0.542. The maximum atomic E-state index is 12.3. The van der Waals surface area contributed by atoms with Crippen molar-refractivity contribution in [3.05, 3.63) is 42.0 Å². The third-order valence-corrected chi connectivity index (χ3v) is 4.44. The number of sulfonamides is 1. The molecule has 128 valence electrons. The molecule has 0 unspecified atom stereocenters. The SMILES string of the molecule is NS(=O)(=O)c1ccc(C(=O)N2CCN(C(=O)c3ccco3)CC2)o1. The van der Waals surface area contributed by atoms with Crippen molar-refractivity contribution in [1.82, 2.24) is 9.80 Å². The fourth-order valence-corrected chi connectivity index (χ4v) is 2.88. The van der Waals surface area contributed by atoms with Crippen molar-refractivity contribution in [3.8, 4) is 0 Å². The van der Waals surface area contributed by atoms with Crippen LogP contribution in [0.15, 0.2) is 44.5 Å². The molecule has 0 atom stereocenters. The van der Waals surface area contributed by atoms with Crippen LogP contribution in [0.3, 0.4) is 0 Å². The number of primary sulfonamides is 1. The van der Waals surface area contributed by atoms with Gasteiger partial charge in [0.15, 0.2) is 11.5 Å². The van der Waals surface area contributed by atoms with Crippen molar-refractivity contribution in [2.45, 2.75) is 5.09 Å². The van der Waals surface area contributed by atoms with E-state index >= 15 is 0 Å². The van der Waals surface area contributed by atoms with Crippen LogP contribution in [0, 0.1) is 0 Å². The first-order chi connectivity index (χ1) is 11.4. The Morgan fingerprint density at radius 3 is 2.00 bits per heavy atom. The molecule has 1 aliphatic heterocycles. The second kappa shape index (κ2) is 6.13. The van der Waals surface area contributed by atoms with Crippen LogP contribution in [0.1, 0.15) is 21.1 Å². The van der Waals surface area contributed by atoms with Gasteiger partial charge in [0.2, 0.25) is 5.09 Å². The molecule has 9 nitrogen and oxygen atoms in total. The Morgan fingerprint density at radius 2 is 1.54 bits per heavy atom. The zero-order chi connectivity index (χ0) is 17.3. The molecule has 3 heterocycles. The first-order valence-corrected chi connectivity index (χ1v) is 8.65. The monoisotopic (exact) mass is 353 g/mol. The van der Waals surface area contributed by atoms with E-state index in [9.17, 15) is 18.0 Å². The van der Waals surface area contributed by atoms with Gasteiger partial charge in [-0.2, -0.15) is 0 Å².